The van der Waals surface area contributed by atoms with E-state index in [9.17, 15) is 14.0 Å². The Hall–Kier alpha value is -2.61. The van der Waals surface area contributed by atoms with Crippen LogP contribution >= 0.6 is 11.8 Å². The van der Waals surface area contributed by atoms with Crippen LogP contribution in [0.1, 0.15) is 28.4 Å². The van der Waals surface area contributed by atoms with Crippen molar-refractivity contribution >= 4 is 23.7 Å². The number of nitrogens with zero attached hydrogens (tertiary/aromatic N) is 1. The largest absolute Gasteiger partial charge is 0.350 e. The number of aromatic nitrogens is 1. The Bertz CT molecular complexity index is 788. The second kappa shape index (κ2) is 8.66. The number of pyridine rings is 1. The van der Waals surface area contributed by atoms with Gasteiger partial charge in [0.15, 0.2) is 0 Å². The second-order valence-electron chi connectivity index (χ2n) is 5.75. The Morgan fingerprint density at radius 3 is 2.85 bits per heavy atom. The molecule has 0 aliphatic carbocycles. The number of carbonyl (C=O) groups is 2. The van der Waals surface area contributed by atoms with Gasteiger partial charge in [-0.05, 0) is 30.2 Å². The summed E-state index contributed by atoms with van der Waals surface area (Å²) in [6.45, 7) is 0.586. The van der Waals surface area contributed by atoms with Crippen LogP contribution in [0.3, 0.4) is 0 Å². The van der Waals surface area contributed by atoms with Crippen molar-refractivity contribution in [2.24, 2.45) is 0 Å². The number of thioether (sulfide) groups is 1. The summed E-state index contributed by atoms with van der Waals surface area (Å²) in [6.07, 6.45) is 3.82. The van der Waals surface area contributed by atoms with Crippen LogP contribution in [-0.4, -0.2) is 35.8 Å². The highest BCUT2D eigenvalue weighted by molar-refractivity contribution is 7.99. The number of rotatable bonds is 5. The topological polar surface area (TPSA) is 83.1 Å². The Balaban J connectivity index is 1.44. The molecule has 26 heavy (non-hydrogen) atoms. The number of benzene rings is 1. The summed E-state index contributed by atoms with van der Waals surface area (Å²) < 4.78 is 13.9. The molecule has 1 aromatic heterocycles. The molecule has 1 aromatic carbocycles. The first-order valence-electron chi connectivity index (χ1n) is 8.29. The van der Waals surface area contributed by atoms with Gasteiger partial charge in [0.05, 0.1) is 11.6 Å². The summed E-state index contributed by atoms with van der Waals surface area (Å²) in [5, 5.41) is 8.28. The standard InChI is InChI=1S/C18H19FN4O2S/c19-14-5-1-4-13-15(6-10-26-16(13)14)23-18(25)22-9-8-21-17(24)12-3-2-7-20-11-12/h1-5,7,11,15H,6,8-10H2,(H,21,24)(H2,22,23,25)/t15-/m0/s1. The van der Waals surface area contributed by atoms with Crippen LogP contribution in [0.4, 0.5) is 9.18 Å². The molecule has 3 N–H and O–H groups in total. The summed E-state index contributed by atoms with van der Waals surface area (Å²) in [7, 11) is 0. The molecule has 1 atom stereocenters. The molecule has 0 spiro atoms. The van der Waals surface area contributed by atoms with Gasteiger partial charge in [0, 0.05) is 36.1 Å². The molecule has 6 nitrogen and oxygen atoms in total. The van der Waals surface area contributed by atoms with Crippen LogP contribution in [0.15, 0.2) is 47.6 Å². The van der Waals surface area contributed by atoms with E-state index in [0.717, 1.165) is 17.7 Å². The van der Waals surface area contributed by atoms with Gasteiger partial charge in [-0.25, -0.2) is 9.18 Å². The minimum atomic E-state index is -0.340. The zero-order valence-corrected chi connectivity index (χ0v) is 14.8. The van der Waals surface area contributed by atoms with Crippen molar-refractivity contribution in [1.29, 1.82) is 0 Å². The average Bonchev–Trinajstić information content (AvgIpc) is 2.66. The van der Waals surface area contributed by atoms with E-state index in [-0.39, 0.29) is 30.3 Å². The van der Waals surface area contributed by atoms with Gasteiger partial charge in [-0.3, -0.25) is 9.78 Å². The number of carbonyl (C=O) groups excluding carboxylic acids is 2. The average molecular weight is 374 g/mol. The maximum atomic E-state index is 13.9. The van der Waals surface area contributed by atoms with Crippen LogP contribution in [0, 0.1) is 5.82 Å². The summed E-state index contributed by atoms with van der Waals surface area (Å²) in [5.41, 5.74) is 1.27. The molecule has 0 unspecified atom stereocenters. The first-order valence-corrected chi connectivity index (χ1v) is 9.27. The van der Waals surface area contributed by atoms with Crippen molar-refractivity contribution in [1.82, 2.24) is 20.9 Å². The SMILES string of the molecule is O=C(NCCNC(=O)c1cccnc1)N[C@H]1CCSc2c(F)cccc21. The highest BCUT2D eigenvalue weighted by atomic mass is 32.2. The molecular formula is C18H19FN4O2S. The third kappa shape index (κ3) is 4.51. The Morgan fingerprint density at radius 2 is 2.04 bits per heavy atom. The minimum Gasteiger partial charge on any atom is -0.350 e. The predicted molar refractivity (Wildman–Crippen MR) is 97.6 cm³/mol. The van der Waals surface area contributed by atoms with Gasteiger partial charge < -0.3 is 16.0 Å². The van der Waals surface area contributed by atoms with Gasteiger partial charge in [-0.2, -0.15) is 0 Å². The van der Waals surface area contributed by atoms with E-state index < -0.39 is 0 Å². The minimum absolute atomic E-state index is 0.216. The maximum Gasteiger partial charge on any atom is 0.315 e. The lowest BCUT2D eigenvalue weighted by Gasteiger charge is -2.26. The molecule has 0 fully saturated rings. The van der Waals surface area contributed by atoms with Gasteiger partial charge >= 0.3 is 6.03 Å². The van der Waals surface area contributed by atoms with Gasteiger partial charge in [-0.1, -0.05) is 12.1 Å². The van der Waals surface area contributed by atoms with E-state index in [1.54, 1.807) is 24.4 Å². The number of hydrogen-bond acceptors (Lipinski definition) is 4. The lowest BCUT2D eigenvalue weighted by molar-refractivity contribution is 0.0953. The summed E-state index contributed by atoms with van der Waals surface area (Å²) in [5.74, 6) is 0.256. The monoisotopic (exact) mass is 374 g/mol. The van der Waals surface area contributed by atoms with E-state index in [2.05, 4.69) is 20.9 Å². The number of amides is 3. The zero-order chi connectivity index (χ0) is 18.4. The van der Waals surface area contributed by atoms with E-state index in [1.165, 1.54) is 24.0 Å². The van der Waals surface area contributed by atoms with E-state index in [0.29, 0.717) is 17.0 Å². The Labute approximate surface area is 155 Å². The lowest BCUT2D eigenvalue weighted by Crippen LogP contribution is -2.42. The number of hydrogen-bond donors (Lipinski definition) is 3. The third-order valence-corrected chi connectivity index (χ3v) is 5.11. The number of fused-ring (bicyclic) bond motifs is 1. The zero-order valence-electron chi connectivity index (χ0n) is 14.0. The molecule has 3 amide bonds. The Kier molecular flexibility index (Phi) is 6.06. The van der Waals surface area contributed by atoms with Crippen LogP contribution in [-0.2, 0) is 0 Å². The van der Waals surface area contributed by atoms with Crippen LogP contribution in [0.2, 0.25) is 0 Å². The van der Waals surface area contributed by atoms with Crippen LogP contribution < -0.4 is 16.0 Å². The molecule has 2 aromatic rings. The number of urea groups is 1. The highest BCUT2D eigenvalue weighted by Gasteiger charge is 2.24. The molecule has 0 saturated carbocycles. The van der Waals surface area contributed by atoms with Crippen molar-refractivity contribution < 1.29 is 14.0 Å². The van der Waals surface area contributed by atoms with Crippen molar-refractivity contribution in [3.8, 4) is 0 Å². The van der Waals surface area contributed by atoms with E-state index in [4.69, 9.17) is 0 Å². The number of halogens is 1. The highest BCUT2D eigenvalue weighted by Crippen LogP contribution is 2.37. The molecule has 2 heterocycles. The van der Waals surface area contributed by atoms with E-state index in [1.807, 2.05) is 6.07 Å². The van der Waals surface area contributed by atoms with Crippen molar-refractivity contribution in [3.63, 3.8) is 0 Å². The van der Waals surface area contributed by atoms with Crippen molar-refractivity contribution in [3.05, 3.63) is 59.7 Å². The number of nitrogens with one attached hydrogen (secondary N) is 3. The molecule has 3 rings (SSSR count). The molecule has 1 aliphatic rings. The van der Waals surface area contributed by atoms with Crippen LogP contribution in [0.25, 0.3) is 0 Å². The van der Waals surface area contributed by atoms with Gasteiger partial charge in [-0.15, -0.1) is 11.8 Å². The lowest BCUT2D eigenvalue weighted by atomic mass is 10.0. The first-order chi connectivity index (χ1) is 12.6. The molecule has 0 bridgehead atoms. The first kappa shape index (κ1) is 18.2. The summed E-state index contributed by atoms with van der Waals surface area (Å²) in [4.78, 5) is 28.4. The summed E-state index contributed by atoms with van der Waals surface area (Å²) in [6, 6.07) is 7.72. The summed E-state index contributed by atoms with van der Waals surface area (Å²) >= 11 is 1.47. The fourth-order valence-corrected chi connectivity index (χ4v) is 3.84. The fourth-order valence-electron chi connectivity index (χ4n) is 2.70. The normalized spacial score (nSPS) is 15.7. The molecule has 0 radical (unpaired) electrons. The Morgan fingerprint density at radius 1 is 1.19 bits per heavy atom. The maximum absolute atomic E-state index is 13.9. The smallest absolute Gasteiger partial charge is 0.315 e. The molecule has 8 heteroatoms. The van der Waals surface area contributed by atoms with Gasteiger partial charge in [0.25, 0.3) is 5.91 Å². The fraction of sp³-hybridized carbons (Fsp3) is 0.278. The third-order valence-electron chi connectivity index (χ3n) is 3.95. The molecular weight excluding hydrogens is 355 g/mol. The second-order valence-corrected chi connectivity index (χ2v) is 6.85. The van der Waals surface area contributed by atoms with E-state index >= 15 is 0 Å². The molecule has 136 valence electrons. The predicted octanol–water partition coefficient (Wildman–Crippen LogP) is 2.49. The van der Waals surface area contributed by atoms with Crippen molar-refractivity contribution in [2.45, 2.75) is 17.4 Å². The molecule has 1 aliphatic heterocycles. The molecule has 0 saturated heterocycles. The van der Waals surface area contributed by atoms with Crippen LogP contribution in [0.5, 0.6) is 0 Å². The quantitative estimate of drug-likeness (QED) is 0.702. The van der Waals surface area contributed by atoms with Gasteiger partial charge in [0.1, 0.15) is 5.82 Å². The van der Waals surface area contributed by atoms with Crippen molar-refractivity contribution in [2.75, 3.05) is 18.8 Å². The van der Waals surface area contributed by atoms with Gasteiger partial charge in [0.2, 0.25) is 0 Å².